The SMILES string of the molecule is O=C(NCc1cccc(NC(=O)C2CCCO2)c1)c1cncn1-c1ccccc1. The fourth-order valence-electron chi connectivity index (χ4n) is 3.30. The van der Waals surface area contributed by atoms with Crippen molar-refractivity contribution < 1.29 is 14.3 Å². The molecule has 0 aliphatic carbocycles. The van der Waals surface area contributed by atoms with Gasteiger partial charge in [0.15, 0.2) is 0 Å². The topological polar surface area (TPSA) is 85.2 Å². The quantitative estimate of drug-likeness (QED) is 0.678. The van der Waals surface area contributed by atoms with Crippen LogP contribution in [0.1, 0.15) is 28.9 Å². The summed E-state index contributed by atoms with van der Waals surface area (Å²) in [5.74, 6) is -0.351. The lowest BCUT2D eigenvalue weighted by Crippen LogP contribution is -2.27. The van der Waals surface area contributed by atoms with Crippen molar-refractivity contribution in [1.82, 2.24) is 14.9 Å². The summed E-state index contributed by atoms with van der Waals surface area (Å²) in [5.41, 5.74) is 2.90. The zero-order valence-corrected chi connectivity index (χ0v) is 15.9. The number of para-hydroxylation sites is 1. The first-order valence-corrected chi connectivity index (χ1v) is 9.58. The van der Waals surface area contributed by atoms with Crippen molar-refractivity contribution in [3.8, 4) is 5.69 Å². The summed E-state index contributed by atoms with van der Waals surface area (Å²) in [7, 11) is 0. The molecule has 1 unspecified atom stereocenters. The standard InChI is InChI=1S/C22H22N4O3/c27-21(19-14-23-15-26(19)18-8-2-1-3-9-18)24-13-16-6-4-7-17(12-16)25-22(28)20-10-5-11-29-20/h1-4,6-9,12,14-15,20H,5,10-11,13H2,(H,24,27)(H,25,28). The first-order valence-electron chi connectivity index (χ1n) is 9.58. The Labute approximate surface area is 168 Å². The van der Waals surface area contributed by atoms with Gasteiger partial charge in [0.2, 0.25) is 0 Å². The van der Waals surface area contributed by atoms with Crippen LogP contribution in [0, 0.1) is 0 Å². The number of rotatable bonds is 6. The van der Waals surface area contributed by atoms with E-state index in [1.807, 2.05) is 54.6 Å². The van der Waals surface area contributed by atoms with E-state index >= 15 is 0 Å². The zero-order chi connectivity index (χ0) is 20.1. The molecule has 29 heavy (non-hydrogen) atoms. The van der Waals surface area contributed by atoms with Gasteiger partial charge in [-0.05, 0) is 42.7 Å². The van der Waals surface area contributed by atoms with E-state index in [0.29, 0.717) is 24.5 Å². The predicted octanol–water partition coefficient (Wildman–Crippen LogP) is 2.92. The summed E-state index contributed by atoms with van der Waals surface area (Å²) in [6.45, 7) is 0.964. The van der Waals surface area contributed by atoms with Gasteiger partial charge in [0.1, 0.15) is 11.8 Å². The van der Waals surface area contributed by atoms with Crippen LogP contribution >= 0.6 is 0 Å². The number of ether oxygens (including phenoxy) is 1. The van der Waals surface area contributed by atoms with Gasteiger partial charge >= 0.3 is 0 Å². The number of amides is 2. The highest BCUT2D eigenvalue weighted by atomic mass is 16.5. The molecular formula is C22H22N4O3. The first kappa shape index (κ1) is 18.9. The number of benzene rings is 2. The van der Waals surface area contributed by atoms with Crippen molar-refractivity contribution in [3.05, 3.63) is 78.4 Å². The third kappa shape index (κ3) is 4.52. The molecule has 2 heterocycles. The molecule has 1 aromatic heterocycles. The third-order valence-corrected chi connectivity index (χ3v) is 4.78. The Morgan fingerprint density at radius 1 is 1.14 bits per heavy atom. The van der Waals surface area contributed by atoms with E-state index in [1.165, 1.54) is 0 Å². The number of anilines is 1. The molecule has 1 aliphatic heterocycles. The fourth-order valence-corrected chi connectivity index (χ4v) is 3.30. The van der Waals surface area contributed by atoms with Crippen LogP contribution in [-0.2, 0) is 16.1 Å². The van der Waals surface area contributed by atoms with Gasteiger partial charge in [0.05, 0.1) is 12.5 Å². The Morgan fingerprint density at radius 3 is 2.79 bits per heavy atom. The van der Waals surface area contributed by atoms with Gasteiger partial charge in [-0.25, -0.2) is 4.98 Å². The molecule has 3 aromatic rings. The summed E-state index contributed by atoms with van der Waals surface area (Å²) in [6.07, 6.45) is 4.43. The minimum Gasteiger partial charge on any atom is -0.368 e. The molecule has 2 amide bonds. The number of hydrogen-bond donors (Lipinski definition) is 2. The highest BCUT2D eigenvalue weighted by molar-refractivity contribution is 5.94. The third-order valence-electron chi connectivity index (χ3n) is 4.78. The molecule has 1 aliphatic rings. The smallest absolute Gasteiger partial charge is 0.270 e. The number of carbonyl (C=O) groups is 2. The molecule has 1 fully saturated rings. The van der Waals surface area contributed by atoms with Crippen LogP contribution in [0.2, 0.25) is 0 Å². The van der Waals surface area contributed by atoms with E-state index in [4.69, 9.17) is 4.74 Å². The van der Waals surface area contributed by atoms with Crippen molar-refractivity contribution in [1.29, 1.82) is 0 Å². The van der Waals surface area contributed by atoms with Crippen molar-refractivity contribution in [2.45, 2.75) is 25.5 Å². The minimum absolute atomic E-state index is 0.129. The largest absolute Gasteiger partial charge is 0.368 e. The van der Waals surface area contributed by atoms with Gasteiger partial charge < -0.3 is 15.4 Å². The second-order valence-electron chi connectivity index (χ2n) is 6.86. The summed E-state index contributed by atoms with van der Waals surface area (Å²) in [5, 5.41) is 5.79. The molecule has 4 rings (SSSR count). The van der Waals surface area contributed by atoms with E-state index in [2.05, 4.69) is 15.6 Å². The van der Waals surface area contributed by atoms with Gasteiger partial charge in [0, 0.05) is 24.5 Å². The molecule has 148 valence electrons. The molecule has 0 saturated carbocycles. The molecule has 0 bridgehead atoms. The monoisotopic (exact) mass is 390 g/mol. The summed E-state index contributed by atoms with van der Waals surface area (Å²) in [4.78, 5) is 29.0. The van der Waals surface area contributed by atoms with Crippen molar-refractivity contribution in [2.75, 3.05) is 11.9 Å². The number of aromatic nitrogens is 2. The lowest BCUT2D eigenvalue weighted by atomic mass is 10.2. The normalized spacial score (nSPS) is 15.8. The Kier molecular flexibility index (Phi) is 5.67. The van der Waals surface area contributed by atoms with Crippen LogP contribution in [-0.4, -0.2) is 34.1 Å². The average molecular weight is 390 g/mol. The highest BCUT2D eigenvalue weighted by Gasteiger charge is 2.23. The Balaban J connectivity index is 1.39. The molecule has 1 atom stereocenters. The first-order chi connectivity index (χ1) is 14.2. The highest BCUT2D eigenvalue weighted by Crippen LogP contribution is 2.16. The van der Waals surface area contributed by atoms with Crippen LogP contribution in [0.3, 0.4) is 0 Å². The number of carbonyl (C=O) groups excluding carboxylic acids is 2. The molecule has 7 heteroatoms. The Bertz CT molecular complexity index is 994. The molecule has 2 aromatic carbocycles. The minimum atomic E-state index is -0.378. The molecule has 0 radical (unpaired) electrons. The predicted molar refractivity (Wildman–Crippen MR) is 109 cm³/mol. The number of nitrogens with one attached hydrogen (secondary N) is 2. The second kappa shape index (κ2) is 8.70. The molecule has 2 N–H and O–H groups in total. The molecule has 1 saturated heterocycles. The van der Waals surface area contributed by atoms with Crippen LogP contribution in [0.15, 0.2) is 67.1 Å². The average Bonchev–Trinajstić information content (AvgIpc) is 3.45. The fraction of sp³-hybridized carbons (Fsp3) is 0.227. The lowest BCUT2D eigenvalue weighted by molar-refractivity contribution is -0.124. The van der Waals surface area contributed by atoms with Gasteiger partial charge in [-0.3, -0.25) is 14.2 Å². The van der Waals surface area contributed by atoms with Gasteiger partial charge in [-0.15, -0.1) is 0 Å². The maximum Gasteiger partial charge on any atom is 0.270 e. The lowest BCUT2D eigenvalue weighted by Gasteiger charge is -2.12. The maximum absolute atomic E-state index is 12.7. The Morgan fingerprint density at radius 2 is 2.00 bits per heavy atom. The van der Waals surface area contributed by atoms with E-state index in [9.17, 15) is 9.59 Å². The van der Waals surface area contributed by atoms with Crippen molar-refractivity contribution in [2.24, 2.45) is 0 Å². The van der Waals surface area contributed by atoms with Gasteiger partial charge in [0.25, 0.3) is 11.8 Å². The number of nitrogens with zero attached hydrogens (tertiary/aromatic N) is 2. The van der Waals surface area contributed by atoms with Crippen LogP contribution in [0.25, 0.3) is 5.69 Å². The van der Waals surface area contributed by atoms with E-state index in [-0.39, 0.29) is 17.9 Å². The summed E-state index contributed by atoms with van der Waals surface area (Å²) < 4.78 is 7.15. The summed E-state index contributed by atoms with van der Waals surface area (Å²) >= 11 is 0. The maximum atomic E-state index is 12.7. The Hall–Kier alpha value is -3.45. The molecule has 0 spiro atoms. The molecular weight excluding hydrogens is 368 g/mol. The second-order valence-corrected chi connectivity index (χ2v) is 6.86. The van der Waals surface area contributed by atoms with Gasteiger partial charge in [-0.2, -0.15) is 0 Å². The van der Waals surface area contributed by atoms with E-state index < -0.39 is 0 Å². The van der Waals surface area contributed by atoms with E-state index in [0.717, 1.165) is 24.1 Å². The van der Waals surface area contributed by atoms with Crippen molar-refractivity contribution in [3.63, 3.8) is 0 Å². The number of hydrogen-bond acceptors (Lipinski definition) is 4. The van der Waals surface area contributed by atoms with Crippen molar-refractivity contribution >= 4 is 17.5 Å². The zero-order valence-electron chi connectivity index (χ0n) is 15.9. The van der Waals surface area contributed by atoms with Crippen LogP contribution in [0.4, 0.5) is 5.69 Å². The summed E-state index contributed by atoms with van der Waals surface area (Å²) in [6, 6.07) is 17.0. The van der Waals surface area contributed by atoms with E-state index in [1.54, 1.807) is 17.1 Å². The van der Waals surface area contributed by atoms with Gasteiger partial charge in [-0.1, -0.05) is 30.3 Å². The molecule has 7 nitrogen and oxygen atoms in total. The van der Waals surface area contributed by atoms with Crippen LogP contribution in [0.5, 0.6) is 0 Å². The number of imidazole rings is 1. The van der Waals surface area contributed by atoms with Crippen LogP contribution < -0.4 is 10.6 Å².